The van der Waals surface area contributed by atoms with Crippen LogP contribution in [0.3, 0.4) is 0 Å². The summed E-state index contributed by atoms with van der Waals surface area (Å²) >= 11 is 0. The van der Waals surface area contributed by atoms with Gasteiger partial charge < -0.3 is 15.3 Å². The largest absolute Gasteiger partial charge is 0.508 e. The van der Waals surface area contributed by atoms with Gasteiger partial charge in [0.05, 0.1) is 6.07 Å². The van der Waals surface area contributed by atoms with Gasteiger partial charge in [0.15, 0.2) is 0 Å². The maximum atomic E-state index is 10.5. The van der Waals surface area contributed by atoms with Crippen LogP contribution in [0, 0.1) is 11.3 Å². The van der Waals surface area contributed by atoms with Crippen LogP contribution >= 0.6 is 0 Å². The van der Waals surface area contributed by atoms with Gasteiger partial charge in [-0.15, -0.1) is 0 Å². The maximum absolute atomic E-state index is 10.5. The number of nitrogens with zero attached hydrogens (tertiary/aromatic N) is 2. The van der Waals surface area contributed by atoms with E-state index in [1.54, 1.807) is 12.1 Å². The highest BCUT2D eigenvalue weighted by Gasteiger charge is 2.46. The molecule has 0 bridgehead atoms. The predicted octanol–water partition coefficient (Wildman–Crippen LogP) is 3.97. The molecule has 0 saturated carbocycles. The number of benzene rings is 3. The molecule has 3 N–H and O–H groups in total. The first-order valence-electron chi connectivity index (χ1n) is 12.1. The first-order chi connectivity index (χ1) is 16.7. The average Bonchev–Trinajstić information content (AvgIpc) is 3.36. The Bertz CT molecular complexity index is 1080. The van der Waals surface area contributed by atoms with E-state index in [1.807, 2.05) is 36.4 Å². The Morgan fingerprint density at radius 2 is 1.62 bits per heavy atom. The summed E-state index contributed by atoms with van der Waals surface area (Å²) in [6.45, 7) is 4.53. The van der Waals surface area contributed by atoms with Gasteiger partial charge in [0.2, 0.25) is 0 Å². The van der Waals surface area contributed by atoms with Crippen molar-refractivity contribution in [3.63, 3.8) is 0 Å². The van der Waals surface area contributed by atoms with Crippen LogP contribution in [0.1, 0.15) is 35.4 Å². The van der Waals surface area contributed by atoms with Crippen LogP contribution < -0.4 is 10.6 Å². The summed E-state index contributed by atoms with van der Waals surface area (Å²) in [5.74, 6) is 0.606. The first-order valence-corrected chi connectivity index (χ1v) is 12.1. The van der Waals surface area contributed by atoms with Crippen molar-refractivity contribution in [1.29, 1.82) is 5.26 Å². The van der Waals surface area contributed by atoms with Gasteiger partial charge in [-0.25, -0.2) is 0 Å². The average molecular weight is 453 g/mol. The molecule has 0 radical (unpaired) electrons. The van der Waals surface area contributed by atoms with Crippen molar-refractivity contribution in [3.8, 4) is 11.8 Å². The normalized spacial score (nSPS) is 23.1. The molecule has 2 saturated heterocycles. The number of rotatable bonds is 6. The summed E-state index contributed by atoms with van der Waals surface area (Å²) in [4.78, 5) is 2.51. The fourth-order valence-corrected chi connectivity index (χ4v) is 5.81. The van der Waals surface area contributed by atoms with E-state index >= 15 is 0 Å². The number of piperidine rings is 1. The van der Waals surface area contributed by atoms with Crippen molar-refractivity contribution in [1.82, 2.24) is 15.5 Å². The van der Waals surface area contributed by atoms with Gasteiger partial charge >= 0.3 is 0 Å². The zero-order valence-corrected chi connectivity index (χ0v) is 19.5. The lowest BCUT2D eigenvalue weighted by molar-refractivity contribution is 0.124. The summed E-state index contributed by atoms with van der Waals surface area (Å²) in [5, 5.41) is 27.6. The van der Waals surface area contributed by atoms with Crippen molar-refractivity contribution in [2.45, 2.75) is 29.7 Å². The fraction of sp³-hybridized carbons (Fsp3) is 0.345. The number of phenols is 1. The fourth-order valence-electron chi connectivity index (χ4n) is 5.81. The molecule has 0 aromatic heterocycles. The second-order valence-corrected chi connectivity index (χ2v) is 9.63. The summed E-state index contributed by atoms with van der Waals surface area (Å²) in [6, 6.07) is 30.8. The first kappa shape index (κ1) is 22.6. The van der Waals surface area contributed by atoms with E-state index in [0.29, 0.717) is 11.7 Å². The number of hydrogen-bond acceptors (Lipinski definition) is 5. The van der Waals surface area contributed by atoms with Gasteiger partial charge in [0.25, 0.3) is 0 Å². The summed E-state index contributed by atoms with van der Waals surface area (Å²) < 4.78 is 0. The van der Waals surface area contributed by atoms with Crippen molar-refractivity contribution < 1.29 is 5.11 Å². The predicted molar refractivity (Wildman–Crippen MR) is 135 cm³/mol. The monoisotopic (exact) mass is 452 g/mol. The van der Waals surface area contributed by atoms with Crippen molar-refractivity contribution in [3.05, 3.63) is 102 Å². The zero-order valence-electron chi connectivity index (χ0n) is 19.5. The molecule has 3 aromatic rings. The molecule has 5 nitrogen and oxygen atoms in total. The lowest BCUT2D eigenvalue weighted by Crippen LogP contribution is -2.57. The van der Waals surface area contributed by atoms with E-state index in [-0.39, 0.29) is 5.54 Å². The summed E-state index contributed by atoms with van der Waals surface area (Å²) in [5.41, 5.74) is 2.69. The van der Waals surface area contributed by atoms with E-state index in [0.717, 1.165) is 56.8 Å². The molecule has 2 aliphatic heterocycles. The number of phenolic OH excluding ortho intramolecular Hbond substituents is 1. The highest BCUT2D eigenvalue weighted by molar-refractivity contribution is 5.46. The van der Waals surface area contributed by atoms with Crippen LogP contribution in [0.5, 0.6) is 5.75 Å². The van der Waals surface area contributed by atoms with Gasteiger partial charge in [-0.3, -0.25) is 5.32 Å². The molecule has 3 aromatic carbocycles. The number of nitrogens with one attached hydrogen (secondary N) is 2. The van der Waals surface area contributed by atoms with E-state index < -0.39 is 5.41 Å². The molecule has 2 atom stereocenters. The Morgan fingerprint density at radius 1 is 0.971 bits per heavy atom. The van der Waals surface area contributed by atoms with Crippen LogP contribution in [0.15, 0.2) is 84.9 Å². The number of aromatic hydroxyl groups is 1. The van der Waals surface area contributed by atoms with Crippen molar-refractivity contribution >= 4 is 0 Å². The quantitative estimate of drug-likeness (QED) is 0.528. The van der Waals surface area contributed by atoms with Crippen molar-refractivity contribution in [2.75, 3.05) is 32.8 Å². The van der Waals surface area contributed by atoms with Crippen LogP contribution in [0.25, 0.3) is 0 Å². The molecular weight excluding hydrogens is 420 g/mol. The molecule has 0 amide bonds. The number of hydrogen-bond donors (Lipinski definition) is 3. The van der Waals surface area contributed by atoms with Gasteiger partial charge in [-0.2, -0.15) is 5.26 Å². The lowest BCUT2D eigenvalue weighted by Gasteiger charge is -2.46. The standard InChI is InChI=1S/C29H32N4O/c30-20-28(24-7-3-1-4-8-24,25-9-5-2-6-10-25)15-17-33-18-16-29(21-31-22-32-29)27(19-33)23-11-13-26(34)14-12-23/h1-14,27,31-32,34H,15-19,21-22H2. The molecule has 34 heavy (non-hydrogen) atoms. The molecule has 1 spiro atoms. The number of nitriles is 1. The highest BCUT2D eigenvalue weighted by atomic mass is 16.3. The van der Waals surface area contributed by atoms with Gasteiger partial charge in [0.1, 0.15) is 11.2 Å². The Hall–Kier alpha value is -3.17. The minimum absolute atomic E-state index is 0.0264. The molecular formula is C29H32N4O. The molecule has 2 heterocycles. The highest BCUT2D eigenvalue weighted by Crippen LogP contribution is 2.40. The second kappa shape index (κ2) is 9.60. The molecule has 5 rings (SSSR count). The van der Waals surface area contributed by atoms with Crippen LogP contribution in [0.2, 0.25) is 0 Å². The van der Waals surface area contributed by atoms with E-state index in [4.69, 9.17) is 0 Å². The van der Waals surface area contributed by atoms with Crippen LogP contribution in [-0.2, 0) is 5.41 Å². The maximum Gasteiger partial charge on any atom is 0.115 e. The van der Waals surface area contributed by atoms with Gasteiger partial charge in [-0.05, 0) is 48.2 Å². The third kappa shape index (κ3) is 4.21. The van der Waals surface area contributed by atoms with Gasteiger partial charge in [-0.1, -0.05) is 72.8 Å². The smallest absolute Gasteiger partial charge is 0.115 e. The molecule has 0 aliphatic carbocycles. The Balaban J connectivity index is 1.41. The van der Waals surface area contributed by atoms with E-state index in [9.17, 15) is 10.4 Å². The van der Waals surface area contributed by atoms with Crippen molar-refractivity contribution in [2.24, 2.45) is 0 Å². The Morgan fingerprint density at radius 3 is 2.18 bits per heavy atom. The Kier molecular flexibility index (Phi) is 6.38. The minimum atomic E-state index is -0.682. The zero-order chi connectivity index (χ0) is 23.4. The summed E-state index contributed by atoms with van der Waals surface area (Å²) in [7, 11) is 0. The topological polar surface area (TPSA) is 71.3 Å². The van der Waals surface area contributed by atoms with E-state index in [1.165, 1.54) is 5.56 Å². The van der Waals surface area contributed by atoms with Crippen LogP contribution in [-0.4, -0.2) is 48.4 Å². The SMILES string of the molecule is N#CC(CCN1CCC2(CNCN2)C(c2ccc(O)cc2)C1)(c1ccccc1)c1ccccc1. The van der Waals surface area contributed by atoms with E-state index in [2.05, 4.69) is 58.0 Å². The van der Waals surface area contributed by atoms with Crippen LogP contribution in [0.4, 0.5) is 0 Å². The number of likely N-dealkylation sites (tertiary alicyclic amines) is 1. The third-order valence-electron chi connectivity index (χ3n) is 7.81. The molecule has 174 valence electrons. The minimum Gasteiger partial charge on any atom is -0.508 e. The second-order valence-electron chi connectivity index (χ2n) is 9.63. The molecule has 2 fully saturated rings. The molecule has 2 unspecified atom stereocenters. The molecule has 2 aliphatic rings. The molecule has 5 heteroatoms. The third-order valence-corrected chi connectivity index (χ3v) is 7.81. The Labute approximate surface area is 202 Å². The lowest BCUT2D eigenvalue weighted by atomic mass is 9.72. The van der Waals surface area contributed by atoms with Gasteiger partial charge in [0, 0.05) is 37.8 Å². The summed E-state index contributed by atoms with van der Waals surface area (Å²) in [6.07, 6.45) is 1.78.